The maximum absolute atomic E-state index is 12.2. The van der Waals surface area contributed by atoms with Crippen molar-refractivity contribution in [2.45, 2.75) is 25.2 Å². The summed E-state index contributed by atoms with van der Waals surface area (Å²) < 4.78 is 0. The molecule has 1 aromatic carbocycles. The number of nitrogens with one attached hydrogen (secondary N) is 2. The Morgan fingerprint density at radius 2 is 1.94 bits per heavy atom. The third kappa shape index (κ3) is 2.67. The normalized spacial score (nSPS) is 16.5. The van der Waals surface area contributed by atoms with Crippen molar-refractivity contribution in [2.75, 3.05) is 19.6 Å². The zero-order chi connectivity index (χ0) is 12.1. The van der Waals surface area contributed by atoms with Crippen molar-refractivity contribution in [3.05, 3.63) is 35.9 Å². The molecule has 1 fully saturated rings. The largest absolute Gasteiger partial charge is 0.354 e. The summed E-state index contributed by atoms with van der Waals surface area (Å²) in [6.45, 7) is 4.56. The SMILES string of the molecule is CCNCCNC(=O)C1(c2ccccc2)CC1. The number of likely N-dealkylation sites (N-methyl/N-ethyl adjacent to an activating group) is 1. The van der Waals surface area contributed by atoms with Gasteiger partial charge in [-0.2, -0.15) is 0 Å². The molecule has 1 aromatic rings. The van der Waals surface area contributed by atoms with Gasteiger partial charge in [0, 0.05) is 13.1 Å². The van der Waals surface area contributed by atoms with Crippen LogP contribution in [0.25, 0.3) is 0 Å². The molecule has 1 aliphatic carbocycles. The number of rotatable bonds is 6. The van der Waals surface area contributed by atoms with Crippen molar-refractivity contribution in [1.82, 2.24) is 10.6 Å². The number of hydrogen-bond acceptors (Lipinski definition) is 2. The fraction of sp³-hybridized carbons (Fsp3) is 0.500. The van der Waals surface area contributed by atoms with Gasteiger partial charge in [-0.25, -0.2) is 0 Å². The lowest BCUT2D eigenvalue weighted by molar-refractivity contribution is -0.123. The van der Waals surface area contributed by atoms with Gasteiger partial charge < -0.3 is 10.6 Å². The van der Waals surface area contributed by atoms with E-state index in [2.05, 4.69) is 29.7 Å². The average molecular weight is 232 g/mol. The fourth-order valence-corrected chi connectivity index (χ4v) is 2.14. The van der Waals surface area contributed by atoms with Crippen molar-refractivity contribution >= 4 is 5.91 Å². The molecule has 0 atom stereocenters. The number of carbonyl (C=O) groups is 1. The summed E-state index contributed by atoms with van der Waals surface area (Å²) in [5.41, 5.74) is 0.925. The first-order valence-electron chi connectivity index (χ1n) is 6.34. The Balaban J connectivity index is 1.91. The molecule has 1 amide bonds. The minimum Gasteiger partial charge on any atom is -0.354 e. The van der Waals surface area contributed by atoms with Crippen LogP contribution in [0.4, 0.5) is 0 Å². The minimum atomic E-state index is -0.229. The Morgan fingerprint density at radius 1 is 1.24 bits per heavy atom. The second-order valence-corrected chi connectivity index (χ2v) is 4.56. The minimum absolute atomic E-state index is 0.182. The predicted molar refractivity (Wildman–Crippen MR) is 68.9 cm³/mol. The Bertz CT molecular complexity index is 371. The molecule has 0 aromatic heterocycles. The molecule has 3 nitrogen and oxygen atoms in total. The summed E-state index contributed by atoms with van der Waals surface area (Å²) in [4.78, 5) is 12.2. The average Bonchev–Trinajstić information content (AvgIpc) is 3.17. The highest BCUT2D eigenvalue weighted by Crippen LogP contribution is 2.48. The molecule has 2 N–H and O–H groups in total. The van der Waals surface area contributed by atoms with E-state index in [1.165, 1.54) is 0 Å². The molecular weight excluding hydrogens is 212 g/mol. The Kier molecular flexibility index (Phi) is 3.79. The van der Waals surface area contributed by atoms with Gasteiger partial charge in [-0.3, -0.25) is 4.79 Å². The smallest absolute Gasteiger partial charge is 0.230 e. The number of benzene rings is 1. The standard InChI is InChI=1S/C14H20N2O/c1-2-15-10-11-16-13(17)14(8-9-14)12-6-4-3-5-7-12/h3-7,15H,2,8-11H2,1H3,(H,16,17). The van der Waals surface area contributed by atoms with Crippen molar-refractivity contribution in [2.24, 2.45) is 0 Å². The molecule has 0 unspecified atom stereocenters. The van der Waals surface area contributed by atoms with Crippen LogP contribution in [-0.2, 0) is 10.2 Å². The van der Waals surface area contributed by atoms with Gasteiger partial charge in [0.2, 0.25) is 5.91 Å². The van der Waals surface area contributed by atoms with Crippen LogP contribution in [0.15, 0.2) is 30.3 Å². The maximum atomic E-state index is 12.2. The summed E-state index contributed by atoms with van der Waals surface area (Å²) in [5, 5.41) is 6.22. The van der Waals surface area contributed by atoms with Crippen molar-refractivity contribution in [1.29, 1.82) is 0 Å². The van der Waals surface area contributed by atoms with E-state index in [1.54, 1.807) is 0 Å². The molecule has 0 saturated heterocycles. The molecule has 0 bridgehead atoms. The molecule has 2 rings (SSSR count). The van der Waals surface area contributed by atoms with E-state index in [0.29, 0.717) is 6.54 Å². The highest BCUT2D eigenvalue weighted by atomic mass is 16.2. The quantitative estimate of drug-likeness (QED) is 0.729. The lowest BCUT2D eigenvalue weighted by atomic mass is 9.95. The van der Waals surface area contributed by atoms with Gasteiger partial charge in [0.05, 0.1) is 5.41 Å². The summed E-state index contributed by atoms with van der Waals surface area (Å²) in [6.07, 6.45) is 1.95. The van der Waals surface area contributed by atoms with Crippen molar-refractivity contribution in [3.63, 3.8) is 0 Å². The summed E-state index contributed by atoms with van der Waals surface area (Å²) in [7, 11) is 0. The summed E-state index contributed by atoms with van der Waals surface area (Å²) >= 11 is 0. The van der Waals surface area contributed by atoms with Crippen LogP contribution >= 0.6 is 0 Å². The third-order valence-corrected chi connectivity index (χ3v) is 3.35. The third-order valence-electron chi connectivity index (χ3n) is 3.35. The van der Waals surface area contributed by atoms with E-state index in [1.807, 2.05) is 18.2 Å². The van der Waals surface area contributed by atoms with Crippen molar-refractivity contribution in [3.8, 4) is 0 Å². The first-order valence-corrected chi connectivity index (χ1v) is 6.34. The van der Waals surface area contributed by atoms with E-state index in [-0.39, 0.29) is 11.3 Å². The Labute approximate surface area is 103 Å². The van der Waals surface area contributed by atoms with Gasteiger partial charge in [-0.05, 0) is 24.9 Å². The predicted octanol–water partition coefficient (Wildman–Crippen LogP) is 1.44. The molecule has 92 valence electrons. The summed E-state index contributed by atoms with van der Waals surface area (Å²) in [5.74, 6) is 0.182. The van der Waals surface area contributed by atoms with Crippen LogP contribution in [0.5, 0.6) is 0 Å². The van der Waals surface area contributed by atoms with E-state index in [4.69, 9.17) is 0 Å². The second kappa shape index (κ2) is 5.32. The summed E-state index contributed by atoms with van der Waals surface area (Å²) in [6, 6.07) is 10.1. The van der Waals surface area contributed by atoms with Crippen LogP contribution in [0.1, 0.15) is 25.3 Å². The fourth-order valence-electron chi connectivity index (χ4n) is 2.14. The number of amides is 1. The maximum Gasteiger partial charge on any atom is 0.230 e. The van der Waals surface area contributed by atoms with Crippen LogP contribution in [-0.4, -0.2) is 25.5 Å². The Morgan fingerprint density at radius 3 is 2.53 bits per heavy atom. The zero-order valence-corrected chi connectivity index (χ0v) is 10.3. The molecule has 0 heterocycles. The molecule has 3 heteroatoms. The second-order valence-electron chi connectivity index (χ2n) is 4.56. The molecule has 0 radical (unpaired) electrons. The number of hydrogen-bond donors (Lipinski definition) is 2. The van der Waals surface area contributed by atoms with Gasteiger partial charge in [0.1, 0.15) is 0 Å². The van der Waals surface area contributed by atoms with Gasteiger partial charge in [0.15, 0.2) is 0 Å². The van der Waals surface area contributed by atoms with Crippen molar-refractivity contribution < 1.29 is 4.79 Å². The lowest BCUT2D eigenvalue weighted by Crippen LogP contribution is -2.38. The molecule has 0 aliphatic heterocycles. The van der Waals surface area contributed by atoms with Crippen LogP contribution < -0.4 is 10.6 Å². The molecular formula is C14H20N2O. The van der Waals surface area contributed by atoms with Gasteiger partial charge in [-0.15, -0.1) is 0 Å². The number of carbonyl (C=O) groups excluding carboxylic acids is 1. The Hall–Kier alpha value is -1.35. The highest BCUT2D eigenvalue weighted by Gasteiger charge is 2.50. The first kappa shape index (κ1) is 12.1. The van der Waals surface area contributed by atoms with Gasteiger partial charge >= 0.3 is 0 Å². The lowest BCUT2D eigenvalue weighted by Gasteiger charge is -2.15. The van der Waals surface area contributed by atoms with Gasteiger partial charge in [0.25, 0.3) is 0 Å². The topological polar surface area (TPSA) is 41.1 Å². The molecule has 17 heavy (non-hydrogen) atoms. The highest BCUT2D eigenvalue weighted by molar-refractivity contribution is 5.91. The monoisotopic (exact) mass is 232 g/mol. The zero-order valence-electron chi connectivity index (χ0n) is 10.3. The van der Waals surface area contributed by atoms with Crippen LogP contribution in [0, 0.1) is 0 Å². The van der Waals surface area contributed by atoms with Crippen LogP contribution in [0.3, 0.4) is 0 Å². The molecule has 1 aliphatic rings. The first-order chi connectivity index (χ1) is 8.29. The molecule has 0 spiro atoms. The van der Waals surface area contributed by atoms with E-state index in [0.717, 1.165) is 31.5 Å². The molecule has 1 saturated carbocycles. The van der Waals surface area contributed by atoms with Crippen LogP contribution in [0.2, 0.25) is 0 Å². The van der Waals surface area contributed by atoms with E-state index in [9.17, 15) is 4.79 Å². The van der Waals surface area contributed by atoms with E-state index >= 15 is 0 Å². The van der Waals surface area contributed by atoms with Gasteiger partial charge in [-0.1, -0.05) is 37.3 Å². The van der Waals surface area contributed by atoms with E-state index < -0.39 is 0 Å².